The average Bonchev–Trinajstić information content (AvgIpc) is 2.34. The second kappa shape index (κ2) is 5.46. The predicted octanol–water partition coefficient (Wildman–Crippen LogP) is 3.57. The molecule has 0 radical (unpaired) electrons. The van der Waals surface area contributed by atoms with E-state index in [-0.39, 0.29) is 10.6 Å². The van der Waals surface area contributed by atoms with Gasteiger partial charge in [0.2, 0.25) is 0 Å². The highest BCUT2D eigenvalue weighted by Gasteiger charge is 2.17. The molecular formula is C14H14BrNO3S. The Kier molecular flexibility index (Phi) is 4.06. The topological polar surface area (TPSA) is 66.4 Å². The van der Waals surface area contributed by atoms with Gasteiger partial charge in [-0.15, -0.1) is 0 Å². The maximum atomic E-state index is 12.3. The van der Waals surface area contributed by atoms with E-state index in [0.29, 0.717) is 10.2 Å². The minimum absolute atomic E-state index is 0.0179. The van der Waals surface area contributed by atoms with Gasteiger partial charge in [0.1, 0.15) is 5.75 Å². The molecule has 2 aromatic carbocycles. The summed E-state index contributed by atoms with van der Waals surface area (Å²) in [5.74, 6) is -0.0902. The quantitative estimate of drug-likeness (QED) is 0.884. The Balaban J connectivity index is 2.44. The number of phenolic OH excluding ortho intramolecular Hbond substituents is 1. The molecule has 0 amide bonds. The second-order valence-corrected chi connectivity index (χ2v) is 7.08. The molecule has 0 fully saturated rings. The lowest BCUT2D eigenvalue weighted by atomic mass is 10.1. The van der Waals surface area contributed by atoms with E-state index in [2.05, 4.69) is 20.7 Å². The Labute approximate surface area is 126 Å². The molecule has 0 saturated heterocycles. The molecule has 6 heteroatoms. The summed E-state index contributed by atoms with van der Waals surface area (Å²) in [5, 5.41) is 9.39. The maximum Gasteiger partial charge on any atom is 0.262 e. The first-order chi connectivity index (χ1) is 9.29. The van der Waals surface area contributed by atoms with Crippen molar-refractivity contribution in [2.75, 3.05) is 4.72 Å². The van der Waals surface area contributed by atoms with Crippen molar-refractivity contribution in [3.8, 4) is 5.75 Å². The summed E-state index contributed by atoms with van der Waals surface area (Å²) < 4.78 is 27.8. The molecule has 0 heterocycles. The minimum atomic E-state index is -3.73. The van der Waals surface area contributed by atoms with Crippen LogP contribution < -0.4 is 4.72 Å². The van der Waals surface area contributed by atoms with Crippen LogP contribution in [0.5, 0.6) is 5.75 Å². The number of benzene rings is 2. The summed E-state index contributed by atoms with van der Waals surface area (Å²) in [6, 6.07) is 9.28. The molecule has 2 aromatic rings. The van der Waals surface area contributed by atoms with E-state index in [4.69, 9.17) is 0 Å². The summed E-state index contributed by atoms with van der Waals surface area (Å²) >= 11 is 3.36. The van der Waals surface area contributed by atoms with Gasteiger partial charge in [0, 0.05) is 10.5 Å². The summed E-state index contributed by atoms with van der Waals surface area (Å²) in [5.41, 5.74) is 2.36. The lowest BCUT2D eigenvalue weighted by Gasteiger charge is -2.13. The van der Waals surface area contributed by atoms with Gasteiger partial charge in [0.15, 0.2) is 0 Å². The molecule has 0 spiro atoms. The molecule has 0 atom stereocenters. The Hall–Kier alpha value is -1.53. The van der Waals surface area contributed by atoms with Gasteiger partial charge in [0.05, 0.1) is 10.6 Å². The van der Waals surface area contributed by atoms with Crippen molar-refractivity contribution >= 4 is 31.6 Å². The Morgan fingerprint density at radius 1 is 1.15 bits per heavy atom. The summed E-state index contributed by atoms with van der Waals surface area (Å²) in [6.07, 6.45) is 0. The molecule has 4 nitrogen and oxygen atoms in total. The van der Waals surface area contributed by atoms with E-state index < -0.39 is 10.0 Å². The van der Waals surface area contributed by atoms with Gasteiger partial charge < -0.3 is 5.11 Å². The highest BCUT2D eigenvalue weighted by Crippen LogP contribution is 2.30. The van der Waals surface area contributed by atoms with Gasteiger partial charge in [-0.1, -0.05) is 12.1 Å². The highest BCUT2D eigenvalue weighted by molar-refractivity contribution is 9.10. The van der Waals surface area contributed by atoms with Crippen LogP contribution in [0.1, 0.15) is 11.1 Å². The zero-order chi connectivity index (χ0) is 14.9. The number of hydrogen-bond acceptors (Lipinski definition) is 3. The third-order valence-corrected chi connectivity index (χ3v) is 4.77. The zero-order valence-corrected chi connectivity index (χ0v) is 13.4. The number of aromatic hydroxyl groups is 1. The van der Waals surface area contributed by atoms with Crippen LogP contribution in [0.2, 0.25) is 0 Å². The molecule has 20 heavy (non-hydrogen) atoms. The van der Waals surface area contributed by atoms with Crippen LogP contribution in [0.3, 0.4) is 0 Å². The summed E-state index contributed by atoms with van der Waals surface area (Å²) in [6.45, 7) is 3.77. The first-order valence-electron chi connectivity index (χ1n) is 5.88. The minimum Gasteiger partial charge on any atom is -0.508 e. The van der Waals surface area contributed by atoms with Gasteiger partial charge in [-0.3, -0.25) is 4.72 Å². The molecule has 0 bridgehead atoms. The monoisotopic (exact) mass is 355 g/mol. The van der Waals surface area contributed by atoms with E-state index in [0.717, 1.165) is 11.1 Å². The Bertz CT molecular complexity index is 734. The van der Waals surface area contributed by atoms with Gasteiger partial charge in [-0.2, -0.15) is 0 Å². The van der Waals surface area contributed by atoms with Crippen LogP contribution in [-0.4, -0.2) is 13.5 Å². The van der Waals surface area contributed by atoms with Crippen molar-refractivity contribution in [2.24, 2.45) is 0 Å². The molecule has 106 valence electrons. The van der Waals surface area contributed by atoms with E-state index in [1.807, 2.05) is 26.0 Å². The molecule has 0 aliphatic heterocycles. The normalized spacial score (nSPS) is 11.3. The van der Waals surface area contributed by atoms with Crippen LogP contribution in [0, 0.1) is 13.8 Å². The lowest BCUT2D eigenvalue weighted by molar-refractivity contribution is 0.473. The number of hydrogen-bond donors (Lipinski definition) is 2. The molecule has 0 aromatic heterocycles. The molecule has 0 aliphatic rings. The van der Waals surface area contributed by atoms with Crippen LogP contribution in [0.25, 0.3) is 0 Å². The number of phenols is 1. The van der Waals surface area contributed by atoms with E-state index in [1.165, 1.54) is 24.3 Å². The van der Waals surface area contributed by atoms with Gasteiger partial charge in [-0.05, 0) is 59.1 Å². The second-order valence-electron chi connectivity index (χ2n) is 4.54. The smallest absolute Gasteiger partial charge is 0.262 e. The standard InChI is InChI=1S/C14H14BrNO3S/c1-9-6-10(2)14(13(15)7-9)16-20(18,19)12-5-3-4-11(17)8-12/h3-8,16-17H,1-2H3. The first kappa shape index (κ1) is 14.9. The number of aryl methyl sites for hydroxylation is 2. The zero-order valence-electron chi connectivity index (χ0n) is 11.0. The van der Waals surface area contributed by atoms with Gasteiger partial charge in [0.25, 0.3) is 10.0 Å². The number of anilines is 1. The summed E-state index contributed by atoms with van der Waals surface area (Å²) in [7, 11) is -3.73. The summed E-state index contributed by atoms with van der Waals surface area (Å²) in [4.78, 5) is 0.0179. The Morgan fingerprint density at radius 2 is 1.85 bits per heavy atom. The van der Waals surface area contributed by atoms with Gasteiger partial charge in [-0.25, -0.2) is 8.42 Å². The van der Waals surface area contributed by atoms with Crippen molar-refractivity contribution in [3.05, 3.63) is 52.0 Å². The average molecular weight is 356 g/mol. The third-order valence-electron chi connectivity index (χ3n) is 2.80. The molecule has 2 rings (SSSR count). The maximum absolute atomic E-state index is 12.3. The van der Waals surface area contributed by atoms with E-state index in [9.17, 15) is 13.5 Å². The fraction of sp³-hybridized carbons (Fsp3) is 0.143. The number of rotatable bonds is 3. The van der Waals surface area contributed by atoms with Crippen LogP contribution in [-0.2, 0) is 10.0 Å². The molecule has 0 unspecified atom stereocenters. The number of sulfonamides is 1. The van der Waals surface area contributed by atoms with Crippen molar-refractivity contribution in [2.45, 2.75) is 18.7 Å². The van der Waals surface area contributed by atoms with Crippen molar-refractivity contribution in [1.82, 2.24) is 0 Å². The predicted molar refractivity (Wildman–Crippen MR) is 82.5 cm³/mol. The SMILES string of the molecule is Cc1cc(C)c(NS(=O)(=O)c2cccc(O)c2)c(Br)c1. The van der Waals surface area contributed by atoms with Crippen molar-refractivity contribution in [1.29, 1.82) is 0 Å². The lowest BCUT2D eigenvalue weighted by Crippen LogP contribution is -2.14. The fourth-order valence-corrected chi connectivity index (χ4v) is 3.98. The van der Waals surface area contributed by atoms with Crippen LogP contribution in [0.4, 0.5) is 5.69 Å². The number of halogens is 1. The first-order valence-corrected chi connectivity index (χ1v) is 8.16. The van der Waals surface area contributed by atoms with E-state index >= 15 is 0 Å². The van der Waals surface area contributed by atoms with Crippen LogP contribution >= 0.6 is 15.9 Å². The molecule has 2 N–H and O–H groups in total. The molecule has 0 saturated carbocycles. The Morgan fingerprint density at radius 3 is 2.45 bits per heavy atom. The van der Waals surface area contributed by atoms with Gasteiger partial charge >= 0.3 is 0 Å². The van der Waals surface area contributed by atoms with Crippen molar-refractivity contribution in [3.63, 3.8) is 0 Å². The largest absolute Gasteiger partial charge is 0.508 e. The molecular weight excluding hydrogens is 342 g/mol. The van der Waals surface area contributed by atoms with Crippen LogP contribution in [0.15, 0.2) is 45.8 Å². The fourth-order valence-electron chi connectivity index (χ4n) is 1.89. The van der Waals surface area contributed by atoms with Crippen molar-refractivity contribution < 1.29 is 13.5 Å². The number of nitrogens with one attached hydrogen (secondary N) is 1. The highest BCUT2D eigenvalue weighted by atomic mass is 79.9. The van der Waals surface area contributed by atoms with E-state index in [1.54, 1.807) is 0 Å². The third kappa shape index (κ3) is 3.13. The molecule has 0 aliphatic carbocycles.